The molecule has 112 valence electrons. The van der Waals surface area contributed by atoms with Crippen LogP contribution in [0.5, 0.6) is 0 Å². The van der Waals surface area contributed by atoms with E-state index in [-0.39, 0.29) is 11.9 Å². The predicted octanol–water partition coefficient (Wildman–Crippen LogP) is 1.99. The first-order valence-corrected chi connectivity index (χ1v) is 7.91. The van der Waals surface area contributed by atoms with Crippen molar-refractivity contribution in [3.05, 3.63) is 34.8 Å². The second-order valence-electron chi connectivity index (χ2n) is 4.96. The number of nitrogens with zero attached hydrogens (tertiary/aromatic N) is 2. The van der Waals surface area contributed by atoms with Crippen LogP contribution in [0.2, 0.25) is 0 Å². The maximum atomic E-state index is 11.6. The molecule has 0 saturated heterocycles. The lowest BCUT2D eigenvalue weighted by Gasteiger charge is -2.05. The van der Waals surface area contributed by atoms with Gasteiger partial charge in [-0.05, 0) is 25.5 Å². The van der Waals surface area contributed by atoms with Crippen LogP contribution in [0.15, 0.2) is 29.8 Å². The zero-order chi connectivity index (χ0) is 15.1. The van der Waals surface area contributed by atoms with Gasteiger partial charge in [0.15, 0.2) is 0 Å². The Balaban J connectivity index is 1.77. The standard InChI is InChI=1S/C15H20N4OS/c1-11(16)5-6-14(20)18-9-7-15-19-13(10-21-15)12-4-2-3-8-17-12/h2-4,8,10-11H,5-7,9,16H2,1H3,(H,18,20). The van der Waals surface area contributed by atoms with E-state index in [1.807, 2.05) is 30.5 Å². The Kier molecular flexibility index (Phi) is 5.83. The van der Waals surface area contributed by atoms with E-state index in [2.05, 4.69) is 15.3 Å². The van der Waals surface area contributed by atoms with Gasteiger partial charge in [-0.2, -0.15) is 0 Å². The van der Waals surface area contributed by atoms with Gasteiger partial charge in [-0.15, -0.1) is 11.3 Å². The molecular weight excluding hydrogens is 284 g/mol. The molecule has 0 bridgehead atoms. The molecule has 0 spiro atoms. The van der Waals surface area contributed by atoms with Crippen LogP contribution in [0, 0.1) is 0 Å². The van der Waals surface area contributed by atoms with E-state index in [0.29, 0.717) is 19.4 Å². The molecule has 5 nitrogen and oxygen atoms in total. The summed E-state index contributed by atoms with van der Waals surface area (Å²) in [5.74, 6) is 0.0498. The molecule has 0 saturated carbocycles. The Morgan fingerprint density at radius 1 is 1.43 bits per heavy atom. The van der Waals surface area contributed by atoms with E-state index in [1.54, 1.807) is 17.5 Å². The van der Waals surface area contributed by atoms with Crippen molar-refractivity contribution < 1.29 is 4.79 Å². The van der Waals surface area contributed by atoms with Gasteiger partial charge in [-0.3, -0.25) is 9.78 Å². The van der Waals surface area contributed by atoms with Gasteiger partial charge in [0, 0.05) is 37.0 Å². The molecular formula is C15H20N4OS. The third-order valence-corrected chi connectivity index (χ3v) is 3.88. The first kappa shape index (κ1) is 15.6. The molecule has 1 atom stereocenters. The zero-order valence-electron chi connectivity index (χ0n) is 12.1. The highest BCUT2D eigenvalue weighted by Crippen LogP contribution is 2.19. The normalized spacial score (nSPS) is 12.1. The highest BCUT2D eigenvalue weighted by atomic mass is 32.1. The summed E-state index contributed by atoms with van der Waals surface area (Å²) in [6, 6.07) is 5.83. The summed E-state index contributed by atoms with van der Waals surface area (Å²) >= 11 is 1.59. The summed E-state index contributed by atoms with van der Waals surface area (Å²) in [7, 11) is 0. The van der Waals surface area contributed by atoms with Crippen LogP contribution in [0.25, 0.3) is 11.4 Å². The van der Waals surface area contributed by atoms with E-state index >= 15 is 0 Å². The molecule has 2 heterocycles. The lowest BCUT2D eigenvalue weighted by Crippen LogP contribution is -2.27. The van der Waals surface area contributed by atoms with Crippen molar-refractivity contribution >= 4 is 17.2 Å². The van der Waals surface area contributed by atoms with Crippen LogP contribution in [0.3, 0.4) is 0 Å². The number of nitrogens with one attached hydrogen (secondary N) is 1. The van der Waals surface area contributed by atoms with E-state index < -0.39 is 0 Å². The summed E-state index contributed by atoms with van der Waals surface area (Å²) in [5.41, 5.74) is 7.39. The van der Waals surface area contributed by atoms with Crippen molar-refractivity contribution in [2.75, 3.05) is 6.54 Å². The molecule has 2 aromatic heterocycles. The second-order valence-corrected chi connectivity index (χ2v) is 5.90. The maximum Gasteiger partial charge on any atom is 0.220 e. The highest BCUT2D eigenvalue weighted by Gasteiger charge is 2.07. The van der Waals surface area contributed by atoms with Gasteiger partial charge in [0.05, 0.1) is 16.4 Å². The van der Waals surface area contributed by atoms with Gasteiger partial charge in [-0.25, -0.2) is 4.98 Å². The molecule has 1 amide bonds. The van der Waals surface area contributed by atoms with Crippen molar-refractivity contribution in [3.63, 3.8) is 0 Å². The van der Waals surface area contributed by atoms with Crippen molar-refractivity contribution in [1.29, 1.82) is 0 Å². The van der Waals surface area contributed by atoms with Gasteiger partial charge >= 0.3 is 0 Å². The lowest BCUT2D eigenvalue weighted by atomic mass is 10.2. The molecule has 2 rings (SSSR count). The zero-order valence-corrected chi connectivity index (χ0v) is 12.9. The number of pyridine rings is 1. The topological polar surface area (TPSA) is 80.9 Å². The molecule has 0 radical (unpaired) electrons. The van der Waals surface area contributed by atoms with Gasteiger partial charge in [0.1, 0.15) is 0 Å². The summed E-state index contributed by atoms with van der Waals surface area (Å²) in [6.07, 6.45) is 3.69. The van der Waals surface area contributed by atoms with E-state index in [4.69, 9.17) is 5.73 Å². The van der Waals surface area contributed by atoms with Crippen LogP contribution in [-0.4, -0.2) is 28.5 Å². The number of carbonyl (C=O) groups excluding carboxylic acids is 1. The minimum Gasteiger partial charge on any atom is -0.356 e. The van der Waals surface area contributed by atoms with Crippen LogP contribution in [-0.2, 0) is 11.2 Å². The summed E-state index contributed by atoms with van der Waals surface area (Å²) in [4.78, 5) is 20.4. The summed E-state index contributed by atoms with van der Waals surface area (Å²) in [6.45, 7) is 2.51. The summed E-state index contributed by atoms with van der Waals surface area (Å²) < 4.78 is 0. The fraction of sp³-hybridized carbons (Fsp3) is 0.400. The van der Waals surface area contributed by atoms with Crippen LogP contribution >= 0.6 is 11.3 Å². The molecule has 0 aromatic carbocycles. The molecule has 21 heavy (non-hydrogen) atoms. The van der Waals surface area contributed by atoms with Crippen molar-refractivity contribution in [1.82, 2.24) is 15.3 Å². The SMILES string of the molecule is CC(N)CCC(=O)NCCc1nc(-c2ccccn2)cs1. The molecule has 0 fully saturated rings. The number of nitrogens with two attached hydrogens (primary N) is 1. The fourth-order valence-corrected chi connectivity index (χ4v) is 2.61. The fourth-order valence-electron chi connectivity index (χ4n) is 1.81. The van der Waals surface area contributed by atoms with Crippen molar-refractivity contribution in [3.8, 4) is 11.4 Å². The van der Waals surface area contributed by atoms with Gasteiger partial charge in [0.25, 0.3) is 0 Å². The van der Waals surface area contributed by atoms with Gasteiger partial charge in [-0.1, -0.05) is 6.07 Å². The highest BCUT2D eigenvalue weighted by molar-refractivity contribution is 7.09. The Bertz CT molecular complexity index is 568. The number of hydrogen-bond acceptors (Lipinski definition) is 5. The van der Waals surface area contributed by atoms with Crippen LogP contribution in [0.1, 0.15) is 24.8 Å². The number of rotatable bonds is 7. The predicted molar refractivity (Wildman–Crippen MR) is 84.9 cm³/mol. The number of aromatic nitrogens is 2. The average molecular weight is 304 g/mol. The van der Waals surface area contributed by atoms with Crippen molar-refractivity contribution in [2.45, 2.75) is 32.2 Å². The molecule has 1 unspecified atom stereocenters. The van der Waals surface area contributed by atoms with E-state index in [9.17, 15) is 4.79 Å². The smallest absolute Gasteiger partial charge is 0.220 e. The molecule has 2 aromatic rings. The Labute approximate surface area is 128 Å². The van der Waals surface area contributed by atoms with Crippen LogP contribution < -0.4 is 11.1 Å². The van der Waals surface area contributed by atoms with E-state index in [1.165, 1.54) is 0 Å². The molecule has 0 aliphatic heterocycles. The molecule has 3 N–H and O–H groups in total. The largest absolute Gasteiger partial charge is 0.356 e. The quantitative estimate of drug-likeness (QED) is 0.819. The van der Waals surface area contributed by atoms with Gasteiger partial charge < -0.3 is 11.1 Å². The third kappa shape index (κ3) is 5.24. The molecule has 6 heteroatoms. The van der Waals surface area contributed by atoms with Gasteiger partial charge in [0.2, 0.25) is 5.91 Å². The Hall–Kier alpha value is -1.79. The first-order chi connectivity index (χ1) is 10.1. The third-order valence-electron chi connectivity index (χ3n) is 2.97. The Morgan fingerprint density at radius 2 is 2.29 bits per heavy atom. The second kappa shape index (κ2) is 7.85. The monoisotopic (exact) mass is 304 g/mol. The first-order valence-electron chi connectivity index (χ1n) is 7.03. The number of hydrogen-bond donors (Lipinski definition) is 2. The average Bonchev–Trinajstić information content (AvgIpc) is 2.95. The van der Waals surface area contributed by atoms with Crippen molar-refractivity contribution in [2.24, 2.45) is 5.73 Å². The number of carbonyl (C=O) groups is 1. The Morgan fingerprint density at radius 3 is 3.00 bits per heavy atom. The number of thiazole rings is 1. The lowest BCUT2D eigenvalue weighted by molar-refractivity contribution is -0.121. The minimum atomic E-state index is 0.0498. The minimum absolute atomic E-state index is 0.0498. The molecule has 0 aliphatic carbocycles. The number of amides is 1. The van der Waals surface area contributed by atoms with Crippen LogP contribution in [0.4, 0.5) is 0 Å². The maximum absolute atomic E-state index is 11.6. The molecule has 0 aliphatic rings. The summed E-state index contributed by atoms with van der Waals surface area (Å²) in [5, 5.41) is 5.89. The van der Waals surface area contributed by atoms with E-state index in [0.717, 1.165) is 22.8 Å².